The normalized spacial score (nSPS) is 17.0. The molecule has 0 bridgehead atoms. The third-order valence-corrected chi connectivity index (χ3v) is 4.98. The smallest absolute Gasteiger partial charge is 0.309 e. The van der Waals surface area contributed by atoms with Gasteiger partial charge in [-0.25, -0.2) is 4.98 Å². The fourth-order valence-corrected chi connectivity index (χ4v) is 3.50. The minimum absolute atomic E-state index is 0.0305. The van der Waals surface area contributed by atoms with Crippen molar-refractivity contribution in [3.05, 3.63) is 35.3 Å². The number of nitrogens with zero attached hydrogens (tertiary/aromatic N) is 4. The summed E-state index contributed by atoms with van der Waals surface area (Å²) in [6.07, 6.45) is 4.32. The number of pyridine rings is 1. The number of imidazole rings is 1. The number of carbonyl (C=O) groups is 1. The van der Waals surface area contributed by atoms with Crippen LogP contribution in [0.3, 0.4) is 0 Å². The number of carboxylic acids is 1. The fraction of sp³-hybridized carbons (Fsp3) is 0.556. The molecule has 1 fully saturated rings. The quantitative estimate of drug-likeness (QED) is 0.906. The first-order chi connectivity index (χ1) is 11.4. The highest BCUT2D eigenvalue weighted by Gasteiger charge is 2.23. The molecule has 2 aromatic heterocycles. The molecule has 0 spiro atoms. The summed E-state index contributed by atoms with van der Waals surface area (Å²) < 4.78 is 2.05. The SMILES string of the molecule is Cc1ccc2nc(CC(=O)O)c(CN(C)C3CCN(C)CC3)n2c1. The number of hydrogen-bond acceptors (Lipinski definition) is 4. The molecule has 2 aromatic rings. The predicted molar refractivity (Wildman–Crippen MR) is 93.3 cm³/mol. The second-order valence-corrected chi connectivity index (χ2v) is 6.96. The average molecular weight is 330 g/mol. The Labute approximate surface area is 142 Å². The van der Waals surface area contributed by atoms with Crippen molar-refractivity contribution >= 4 is 11.6 Å². The molecule has 6 heteroatoms. The van der Waals surface area contributed by atoms with Crippen molar-refractivity contribution in [1.82, 2.24) is 19.2 Å². The number of aromatic nitrogens is 2. The lowest BCUT2D eigenvalue weighted by molar-refractivity contribution is -0.136. The van der Waals surface area contributed by atoms with Gasteiger partial charge in [-0.2, -0.15) is 0 Å². The Hall–Kier alpha value is -1.92. The Bertz CT molecular complexity index is 732. The Morgan fingerprint density at radius 2 is 2.08 bits per heavy atom. The number of hydrogen-bond donors (Lipinski definition) is 1. The third kappa shape index (κ3) is 3.60. The lowest BCUT2D eigenvalue weighted by Gasteiger charge is -2.35. The molecule has 3 rings (SSSR count). The van der Waals surface area contributed by atoms with Gasteiger partial charge in [0.1, 0.15) is 5.65 Å². The summed E-state index contributed by atoms with van der Waals surface area (Å²) in [5.74, 6) is -0.835. The number of likely N-dealkylation sites (tertiary alicyclic amines) is 1. The zero-order chi connectivity index (χ0) is 17.3. The van der Waals surface area contributed by atoms with Gasteiger partial charge in [0.15, 0.2) is 0 Å². The van der Waals surface area contributed by atoms with Crippen LogP contribution in [-0.2, 0) is 17.8 Å². The summed E-state index contributed by atoms with van der Waals surface area (Å²) in [4.78, 5) is 20.5. The molecule has 0 saturated carbocycles. The highest BCUT2D eigenvalue weighted by Crippen LogP contribution is 2.20. The topological polar surface area (TPSA) is 61.1 Å². The molecule has 24 heavy (non-hydrogen) atoms. The van der Waals surface area contributed by atoms with Crippen molar-refractivity contribution in [3.8, 4) is 0 Å². The van der Waals surface area contributed by atoms with E-state index < -0.39 is 5.97 Å². The second-order valence-electron chi connectivity index (χ2n) is 6.96. The number of aryl methyl sites for hydroxylation is 1. The van der Waals surface area contributed by atoms with Gasteiger partial charge in [-0.1, -0.05) is 6.07 Å². The lowest BCUT2D eigenvalue weighted by Crippen LogP contribution is -2.41. The first-order valence-electron chi connectivity index (χ1n) is 8.51. The van der Waals surface area contributed by atoms with Crippen molar-refractivity contribution in [2.24, 2.45) is 0 Å². The van der Waals surface area contributed by atoms with E-state index in [4.69, 9.17) is 0 Å². The maximum Gasteiger partial charge on any atom is 0.309 e. The Morgan fingerprint density at radius 1 is 1.38 bits per heavy atom. The minimum atomic E-state index is -0.835. The molecule has 6 nitrogen and oxygen atoms in total. The average Bonchev–Trinajstić information content (AvgIpc) is 2.84. The van der Waals surface area contributed by atoms with Crippen LogP contribution >= 0.6 is 0 Å². The van der Waals surface area contributed by atoms with E-state index in [1.165, 1.54) is 0 Å². The highest BCUT2D eigenvalue weighted by atomic mass is 16.4. The van der Waals surface area contributed by atoms with Crippen molar-refractivity contribution in [2.75, 3.05) is 27.2 Å². The van der Waals surface area contributed by atoms with E-state index in [-0.39, 0.29) is 6.42 Å². The van der Waals surface area contributed by atoms with Gasteiger partial charge in [-0.15, -0.1) is 0 Å². The van der Waals surface area contributed by atoms with Crippen LogP contribution in [0.2, 0.25) is 0 Å². The van der Waals surface area contributed by atoms with Crippen molar-refractivity contribution < 1.29 is 9.90 Å². The molecule has 3 heterocycles. The standard InChI is InChI=1S/C18H26N4O2/c1-13-4-5-17-19-15(10-18(23)24)16(22(17)11-13)12-21(3)14-6-8-20(2)9-7-14/h4-5,11,14H,6-10,12H2,1-3H3,(H,23,24). The van der Waals surface area contributed by atoms with E-state index >= 15 is 0 Å². The molecule has 0 unspecified atom stereocenters. The molecule has 0 atom stereocenters. The van der Waals surface area contributed by atoms with Crippen molar-refractivity contribution in [3.63, 3.8) is 0 Å². The van der Waals surface area contributed by atoms with Gasteiger partial charge in [0.25, 0.3) is 0 Å². The molecule has 1 saturated heterocycles. The monoisotopic (exact) mass is 330 g/mol. The van der Waals surface area contributed by atoms with E-state index in [1.54, 1.807) is 0 Å². The van der Waals surface area contributed by atoms with Crippen LogP contribution < -0.4 is 0 Å². The van der Waals surface area contributed by atoms with Gasteiger partial charge in [0.05, 0.1) is 17.8 Å². The number of aliphatic carboxylic acids is 1. The predicted octanol–water partition coefficient (Wildman–Crippen LogP) is 1.80. The summed E-state index contributed by atoms with van der Waals surface area (Å²) >= 11 is 0. The number of rotatable bonds is 5. The molecule has 0 amide bonds. The van der Waals surface area contributed by atoms with Crippen LogP contribution in [0.15, 0.2) is 18.3 Å². The van der Waals surface area contributed by atoms with E-state index in [1.807, 2.05) is 25.3 Å². The Morgan fingerprint density at radius 3 is 2.75 bits per heavy atom. The van der Waals surface area contributed by atoms with Crippen LogP contribution in [0.25, 0.3) is 5.65 Å². The fourth-order valence-electron chi connectivity index (χ4n) is 3.50. The van der Waals surface area contributed by atoms with E-state index in [9.17, 15) is 9.90 Å². The van der Waals surface area contributed by atoms with E-state index in [0.717, 1.165) is 49.4 Å². The molecule has 1 N–H and O–H groups in total. The first kappa shape index (κ1) is 16.9. The molecule has 0 aromatic carbocycles. The van der Waals surface area contributed by atoms with Gasteiger partial charge in [-0.05, 0) is 58.6 Å². The maximum atomic E-state index is 11.2. The molecular weight excluding hydrogens is 304 g/mol. The second kappa shape index (κ2) is 6.91. The van der Waals surface area contributed by atoms with Gasteiger partial charge < -0.3 is 14.4 Å². The van der Waals surface area contributed by atoms with E-state index in [0.29, 0.717) is 11.7 Å². The zero-order valence-electron chi connectivity index (χ0n) is 14.7. The van der Waals surface area contributed by atoms with Gasteiger partial charge >= 0.3 is 5.97 Å². The molecule has 1 aliphatic rings. The summed E-state index contributed by atoms with van der Waals surface area (Å²) in [5, 5.41) is 9.21. The summed E-state index contributed by atoms with van der Waals surface area (Å²) in [7, 11) is 4.30. The third-order valence-electron chi connectivity index (χ3n) is 4.98. The maximum absolute atomic E-state index is 11.2. The number of fused-ring (bicyclic) bond motifs is 1. The van der Waals surface area contributed by atoms with Crippen LogP contribution in [0.1, 0.15) is 29.8 Å². The van der Waals surface area contributed by atoms with Crippen LogP contribution in [-0.4, -0.2) is 63.5 Å². The molecule has 0 radical (unpaired) electrons. The van der Waals surface area contributed by atoms with E-state index in [2.05, 4.69) is 33.3 Å². The minimum Gasteiger partial charge on any atom is -0.481 e. The Kier molecular flexibility index (Phi) is 4.87. The molecule has 1 aliphatic heterocycles. The first-order valence-corrected chi connectivity index (χ1v) is 8.51. The largest absolute Gasteiger partial charge is 0.481 e. The molecule has 130 valence electrons. The van der Waals surface area contributed by atoms with Crippen LogP contribution in [0, 0.1) is 6.92 Å². The molecule has 0 aliphatic carbocycles. The van der Waals surface area contributed by atoms with Gasteiger partial charge in [-0.3, -0.25) is 9.69 Å². The number of piperidine rings is 1. The van der Waals surface area contributed by atoms with Crippen LogP contribution in [0.4, 0.5) is 0 Å². The van der Waals surface area contributed by atoms with Crippen molar-refractivity contribution in [2.45, 2.75) is 38.8 Å². The zero-order valence-corrected chi connectivity index (χ0v) is 14.7. The summed E-state index contributed by atoms with van der Waals surface area (Å²) in [5.41, 5.74) is 3.64. The lowest BCUT2D eigenvalue weighted by atomic mass is 10.0. The number of carboxylic acid groups (broad SMARTS) is 1. The van der Waals surface area contributed by atoms with Gasteiger partial charge in [0, 0.05) is 18.8 Å². The Balaban J connectivity index is 1.88. The van der Waals surface area contributed by atoms with Gasteiger partial charge in [0.2, 0.25) is 0 Å². The van der Waals surface area contributed by atoms with Crippen LogP contribution in [0.5, 0.6) is 0 Å². The summed E-state index contributed by atoms with van der Waals surface area (Å²) in [6, 6.07) is 4.51. The highest BCUT2D eigenvalue weighted by molar-refractivity contribution is 5.70. The summed E-state index contributed by atoms with van der Waals surface area (Å²) in [6.45, 7) is 4.99. The molecular formula is C18H26N4O2. The van der Waals surface area contributed by atoms with Crippen molar-refractivity contribution in [1.29, 1.82) is 0 Å².